The predicted molar refractivity (Wildman–Crippen MR) is 56.5 cm³/mol. The fourth-order valence-electron chi connectivity index (χ4n) is 1.14. The summed E-state index contributed by atoms with van der Waals surface area (Å²) in [5, 5.41) is 8.78. The van der Waals surface area contributed by atoms with Crippen molar-refractivity contribution < 1.29 is 23.1 Å². The number of carbonyl (C=O) groups excluding carboxylic acids is 1. The molecule has 16 heavy (non-hydrogen) atoms. The maximum absolute atomic E-state index is 11.3. The van der Waals surface area contributed by atoms with Gasteiger partial charge in [0, 0.05) is 11.8 Å². The van der Waals surface area contributed by atoms with Gasteiger partial charge in [-0.05, 0) is 25.1 Å². The molecule has 0 amide bonds. The van der Waals surface area contributed by atoms with E-state index in [-0.39, 0.29) is 21.8 Å². The second kappa shape index (κ2) is 4.05. The van der Waals surface area contributed by atoms with Crippen molar-refractivity contribution in [2.75, 3.05) is 6.26 Å². The zero-order valence-corrected chi connectivity index (χ0v) is 9.54. The van der Waals surface area contributed by atoms with E-state index in [0.717, 1.165) is 18.4 Å². The van der Waals surface area contributed by atoms with Crippen LogP contribution in [0.1, 0.15) is 27.6 Å². The van der Waals surface area contributed by atoms with Gasteiger partial charge in [-0.2, -0.15) is 0 Å². The number of hydrogen-bond acceptors (Lipinski definition) is 4. The van der Waals surface area contributed by atoms with Gasteiger partial charge in [0.2, 0.25) is 0 Å². The summed E-state index contributed by atoms with van der Waals surface area (Å²) < 4.78 is 22.6. The molecule has 0 heterocycles. The lowest BCUT2D eigenvalue weighted by atomic mass is 10.1. The highest BCUT2D eigenvalue weighted by molar-refractivity contribution is 7.90. The number of benzene rings is 1. The molecule has 1 N–H and O–H groups in total. The Hall–Kier alpha value is -1.69. The lowest BCUT2D eigenvalue weighted by Gasteiger charge is -2.03. The van der Waals surface area contributed by atoms with Crippen LogP contribution in [-0.2, 0) is 9.84 Å². The fourth-order valence-corrected chi connectivity index (χ4v) is 1.82. The van der Waals surface area contributed by atoms with Gasteiger partial charge in [0.25, 0.3) is 0 Å². The van der Waals surface area contributed by atoms with E-state index in [2.05, 4.69) is 0 Å². The van der Waals surface area contributed by atoms with Crippen molar-refractivity contribution in [2.24, 2.45) is 0 Å². The molecule has 0 aliphatic rings. The van der Waals surface area contributed by atoms with Crippen molar-refractivity contribution in [3.05, 3.63) is 29.3 Å². The van der Waals surface area contributed by atoms with Crippen molar-refractivity contribution >= 4 is 21.6 Å². The van der Waals surface area contributed by atoms with E-state index < -0.39 is 15.8 Å². The first kappa shape index (κ1) is 12.4. The summed E-state index contributed by atoms with van der Waals surface area (Å²) in [6.07, 6.45) is 0.956. The summed E-state index contributed by atoms with van der Waals surface area (Å²) in [6.45, 7) is 1.24. The largest absolute Gasteiger partial charge is 0.478 e. The van der Waals surface area contributed by atoms with Crippen LogP contribution in [0.15, 0.2) is 23.1 Å². The number of carboxylic acids is 1. The summed E-state index contributed by atoms with van der Waals surface area (Å²) in [5.74, 6) is -1.65. The Morgan fingerprint density at radius 1 is 1.12 bits per heavy atom. The second-order valence-corrected chi connectivity index (χ2v) is 5.40. The fraction of sp³-hybridized carbons (Fsp3) is 0.200. The van der Waals surface area contributed by atoms with Crippen molar-refractivity contribution in [1.82, 2.24) is 0 Å². The molecule has 1 aromatic carbocycles. The SMILES string of the molecule is CC(=O)c1cc(C(=O)O)cc(S(C)(=O)=O)c1. The first-order valence-corrected chi connectivity index (χ1v) is 6.20. The van der Waals surface area contributed by atoms with Crippen LogP contribution in [0.25, 0.3) is 0 Å². The van der Waals surface area contributed by atoms with Crippen molar-refractivity contribution in [3.63, 3.8) is 0 Å². The van der Waals surface area contributed by atoms with Crippen LogP contribution < -0.4 is 0 Å². The average molecular weight is 242 g/mol. The third-order valence-corrected chi connectivity index (χ3v) is 3.08. The highest BCUT2D eigenvalue weighted by Gasteiger charge is 2.15. The number of ketones is 1. The van der Waals surface area contributed by atoms with E-state index in [1.807, 2.05) is 0 Å². The minimum Gasteiger partial charge on any atom is -0.478 e. The molecule has 0 aliphatic heterocycles. The molecule has 0 radical (unpaired) electrons. The first-order valence-electron chi connectivity index (χ1n) is 4.31. The number of Topliss-reactive ketones (excluding diaryl/α,β-unsaturated/α-hetero) is 1. The van der Waals surface area contributed by atoms with Crippen LogP contribution in [0, 0.1) is 0 Å². The third-order valence-electron chi connectivity index (χ3n) is 1.99. The summed E-state index contributed by atoms with van der Waals surface area (Å²) in [7, 11) is -3.53. The normalized spacial score (nSPS) is 11.1. The van der Waals surface area contributed by atoms with Crippen LogP contribution in [-0.4, -0.2) is 31.5 Å². The molecule has 0 saturated heterocycles. The quantitative estimate of drug-likeness (QED) is 0.798. The second-order valence-electron chi connectivity index (χ2n) is 3.38. The highest BCUT2D eigenvalue weighted by atomic mass is 32.2. The van der Waals surface area contributed by atoms with Crippen LogP contribution in [0.3, 0.4) is 0 Å². The van der Waals surface area contributed by atoms with Gasteiger partial charge >= 0.3 is 5.97 Å². The van der Waals surface area contributed by atoms with Crippen LogP contribution in [0.5, 0.6) is 0 Å². The Morgan fingerprint density at radius 3 is 2.00 bits per heavy atom. The summed E-state index contributed by atoms with van der Waals surface area (Å²) in [4.78, 5) is 21.7. The zero-order chi connectivity index (χ0) is 12.5. The van der Waals surface area contributed by atoms with Crippen LogP contribution in [0.4, 0.5) is 0 Å². The lowest BCUT2D eigenvalue weighted by Crippen LogP contribution is -2.05. The van der Waals surface area contributed by atoms with Crippen LogP contribution >= 0.6 is 0 Å². The molecule has 0 unspecified atom stereocenters. The van der Waals surface area contributed by atoms with E-state index in [1.165, 1.54) is 13.0 Å². The van der Waals surface area contributed by atoms with Crippen molar-refractivity contribution in [1.29, 1.82) is 0 Å². The van der Waals surface area contributed by atoms with E-state index in [0.29, 0.717) is 0 Å². The topological polar surface area (TPSA) is 88.5 Å². The molecule has 0 atom stereocenters. The molecule has 6 heteroatoms. The van der Waals surface area contributed by atoms with Gasteiger partial charge in [0.05, 0.1) is 10.5 Å². The molecular formula is C10H10O5S. The third kappa shape index (κ3) is 2.66. The molecule has 0 saturated carbocycles. The van der Waals surface area contributed by atoms with Gasteiger partial charge in [-0.3, -0.25) is 4.79 Å². The Balaban J connectivity index is 3.54. The van der Waals surface area contributed by atoms with Crippen molar-refractivity contribution in [3.8, 4) is 0 Å². The lowest BCUT2D eigenvalue weighted by molar-refractivity contribution is 0.0696. The van der Waals surface area contributed by atoms with Gasteiger partial charge in [0.15, 0.2) is 15.6 Å². The summed E-state index contributed by atoms with van der Waals surface area (Å²) >= 11 is 0. The molecular weight excluding hydrogens is 232 g/mol. The minimum absolute atomic E-state index is 0.0697. The Morgan fingerprint density at radius 2 is 1.62 bits per heavy atom. The number of hydrogen-bond donors (Lipinski definition) is 1. The summed E-state index contributed by atoms with van der Waals surface area (Å²) in [6, 6.07) is 3.35. The molecule has 1 aromatic rings. The molecule has 0 aromatic heterocycles. The zero-order valence-electron chi connectivity index (χ0n) is 8.72. The maximum Gasteiger partial charge on any atom is 0.335 e. The highest BCUT2D eigenvalue weighted by Crippen LogP contribution is 2.16. The van der Waals surface area contributed by atoms with E-state index in [4.69, 9.17) is 5.11 Å². The van der Waals surface area contributed by atoms with E-state index in [9.17, 15) is 18.0 Å². The van der Waals surface area contributed by atoms with Gasteiger partial charge in [-0.25, -0.2) is 13.2 Å². The first-order chi connectivity index (χ1) is 7.21. The monoisotopic (exact) mass is 242 g/mol. The van der Waals surface area contributed by atoms with Crippen molar-refractivity contribution in [2.45, 2.75) is 11.8 Å². The number of sulfone groups is 1. The smallest absolute Gasteiger partial charge is 0.335 e. The molecule has 0 aliphatic carbocycles. The summed E-state index contributed by atoms with van der Waals surface area (Å²) in [5.41, 5.74) is -0.145. The standard InChI is InChI=1S/C10H10O5S/c1-6(11)7-3-8(10(12)13)5-9(4-7)16(2,14)15/h3-5H,1-2H3,(H,12,13). The maximum atomic E-state index is 11.3. The van der Waals surface area contributed by atoms with E-state index in [1.54, 1.807) is 0 Å². The number of aromatic carboxylic acids is 1. The molecule has 0 fully saturated rings. The molecule has 5 nitrogen and oxygen atoms in total. The average Bonchev–Trinajstić information content (AvgIpc) is 2.15. The minimum atomic E-state index is -3.53. The Bertz CT molecular complexity index is 524. The van der Waals surface area contributed by atoms with Crippen LogP contribution in [0.2, 0.25) is 0 Å². The van der Waals surface area contributed by atoms with Gasteiger partial charge in [0.1, 0.15) is 0 Å². The molecule has 0 spiro atoms. The number of rotatable bonds is 3. The van der Waals surface area contributed by atoms with E-state index >= 15 is 0 Å². The number of carboxylic acid groups (broad SMARTS) is 1. The molecule has 0 bridgehead atoms. The van der Waals surface area contributed by atoms with Gasteiger partial charge in [-0.15, -0.1) is 0 Å². The predicted octanol–water partition coefficient (Wildman–Crippen LogP) is 0.991. The number of carbonyl (C=O) groups is 2. The van der Waals surface area contributed by atoms with Gasteiger partial charge in [-0.1, -0.05) is 0 Å². The Kier molecular flexibility index (Phi) is 3.14. The molecule has 86 valence electrons. The Labute approximate surface area is 92.6 Å². The van der Waals surface area contributed by atoms with Gasteiger partial charge < -0.3 is 5.11 Å². The molecule has 1 rings (SSSR count).